The van der Waals surface area contributed by atoms with Gasteiger partial charge in [0.2, 0.25) is 0 Å². The molecule has 0 bridgehead atoms. The predicted molar refractivity (Wildman–Crippen MR) is 128 cm³/mol. The molecule has 34 heavy (non-hydrogen) atoms. The van der Waals surface area contributed by atoms with Crippen molar-refractivity contribution in [2.45, 2.75) is 68.2 Å². The number of thioether (sulfide) groups is 1. The van der Waals surface area contributed by atoms with Gasteiger partial charge in [0.1, 0.15) is 11.5 Å². The van der Waals surface area contributed by atoms with E-state index in [1.807, 2.05) is 30.4 Å². The van der Waals surface area contributed by atoms with E-state index in [1.165, 1.54) is 43.4 Å². The summed E-state index contributed by atoms with van der Waals surface area (Å²) in [5, 5.41) is 11.5. The molecule has 2 aromatic heterocycles. The van der Waals surface area contributed by atoms with Gasteiger partial charge < -0.3 is 10.4 Å². The molecule has 0 radical (unpaired) electrons. The Morgan fingerprint density at radius 2 is 1.88 bits per heavy atom. The van der Waals surface area contributed by atoms with E-state index in [0.717, 1.165) is 40.9 Å². The lowest BCUT2D eigenvalue weighted by Gasteiger charge is -2.20. The van der Waals surface area contributed by atoms with Crippen molar-refractivity contribution < 1.29 is 23.1 Å². The number of carboxylic acid groups (broad SMARTS) is 1. The fourth-order valence-corrected chi connectivity index (χ4v) is 4.97. The summed E-state index contributed by atoms with van der Waals surface area (Å²) in [6, 6.07) is 8.94. The van der Waals surface area contributed by atoms with Gasteiger partial charge in [-0.2, -0.15) is 13.2 Å². The van der Waals surface area contributed by atoms with Crippen LogP contribution in [0.15, 0.2) is 47.8 Å². The number of alkyl halides is 3. The van der Waals surface area contributed by atoms with Gasteiger partial charge in [0.25, 0.3) is 0 Å². The van der Waals surface area contributed by atoms with Crippen LogP contribution in [0.2, 0.25) is 0 Å². The normalized spacial score (nSPS) is 14.5. The number of unbranched alkanes of at least 4 members (excludes halogenated alkanes) is 1. The zero-order chi connectivity index (χ0) is 24.6. The molecule has 3 aromatic rings. The fraction of sp³-hybridized carbons (Fsp3) is 0.458. The van der Waals surface area contributed by atoms with Crippen molar-refractivity contribution in [3.63, 3.8) is 0 Å². The highest BCUT2D eigenvalue weighted by Gasteiger charge is 2.38. The molecule has 1 fully saturated rings. The maximum absolute atomic E-state index is 10.6. The Bertz CT molecular complexity index is 1060. The van der Waals surface area contributed by atoms with E-state index >= 15 is 0 Å². The van der Waals surface area contributed by atoms with E-state index in [4.69, 9.17) is 14.9 Å². The highest BCUT2D eigenvalue weighted by molar-refractivity contribution is 8.00. The second-order valence-corrected chi connectivity index (χ2v) is 9.47. The molecule has 2 heterocycles. The van der Waals surface area contributed by atoms with Gasteiger partial charge in [-0.05, 0) is 31.4 Å². The highest BCUT2D eigenvalue weighted by Crippen LogP contribution is 2.35. The summed E-state index contributed by atoms with van der Waals surface area (Å²) >= 11 is 2.04. The number of carbonyl (C=O) groups is 1. The first-order chi connectivity index (χ1) is 16.3. The van der Waals surface area contributed by atoms with Crippen LogP contribution in [0.5, 0.6) is 0 Å². The zero-order valence-electron chi connectivity index (χ0n) is 19.0. The lowest BCUT2D eigenvalue weighted by Crippen LogP contribution is -2.21. The molecule has 1 saturated carbocycles. The number of fused-ring (bicyclic) bond motifs is 1. The minimum Gasteiger partial charge on any atom is -0.475 e. The molecule has 1 aromatic carbocycles. The fourth-order valence-electron chi connectivity index (χ4n) is 3.73. The number of aromatic nitrogens is 3. The highest BCUT2D eigenvalue weighted by atomic mass is 32.2. The number of aliphatic carboxylic acids is 1. The average molecular weight is 495 g/mol. The van der Waals surface area contributed by atoms with Crippen molar-refractivity contribution >= 4 is 29.2 Å². The molecule has 0 unspecified atom stereocenters. The van der Waals surface area contributed by atoms with Crippen LogP contribution in [0.25, 0.3) is 16.9 Å². The minimum atomic E-state index is -5.08. The van der Waals surface area contributed by atoms with Crippen LogP contribution in [-0.2, 0) is 4.79 Å². The summed E-state index contributed by atoms with van der Waals surface area (Å²) in [4.78, 5) is 19.3. The first-order valence-electron chi connectivity index (χ1n) is 11.4. The Kier molecular flexibility index (Phi) is 9.20. The van der Waals surface area contributed by atoms with Gasteiger partial charge in [0.15, 0.2) is 5.65 Å². The third-order valence-electron chi connectivity index (χ3n) is 5.48. The molecule has 4 rings (SSSR count). The summed E-state index contributed by atoms with van der Waals surface area (Å²) < 4.78 is 33.8. The molecule has 6 nitrogen and oxygen atoms in total. The van der Waals surface area contributed by atoms with Gasteiger partial charge >= 0.3 is 12.1 Å². The number of rotatable bonds is 7. The number of hydrogen-bond acceptors (Lipinski definition) is 5. The van der Waals surface area contributed by atoms with E-state index in [-0.39, 0.29) is 0 Å². The zero-order valence-corrected chi connectivity index (χ0v) is 19.8. The van der Waals surface area contributed by atoms with Gasteiger partial charge in [-0.25, -0.2) is 9.78 Å². The van der Waals surface area contributed by atoms with E-state index in [0.29, 0.717) is 0 Å². The first kappa shape index (κ1) is 25.9. The number of nitrogens with one attached hydrogen (secondary N) is 1. The van der Waals surface area contributed by atoms with Crippen LogP contribution >= 0.6 is 11.8 Å². The molecule has 0 aliphatic heterocycles. The summed E-state index contributed by atoms with van der Waals surface area (Å²) in [6.07, 6.45) is 9.75. The Morgan fingerprint density at radius 3 is 2.50 bits per heavy atom. The van der Waals surface area contributed by atoms with Crippen molar-refractivity contribution in [3.05, 3.63) is 42.9 Å². The maximum atomic E-state index is 10.6. The van der Waals surface area contributed by atoms with Gasteiger partial charge in [-0.3, -0.25) is 9.38 Å². The number of imidazole rings is 1. The van der Waals surface area contributed by atoms with Crippen LogP contribution in [-0.4, -0.2) is 43.4 Å². The summed E-state index contributed by atoms with van der Waals surface area (Å²) in [5.41, 5.74) is 3.05. The van der Waals surface area contributed by atoms with Crippen molar-refractivity contribution in [2.75, 3.05) is 11.9 Å². The van der Waals surface area contributed by atoms with Gasteiger partial charge in [-0.15, -0.1) is 11.8 Å². The average Bonchev–Trinajstić information content (AvgIpc) is 3.19. The van der Waals surface area contributed by atoms with Crippen LogP contribution in [0, 0.1) is 0 Å². The lowest BCUT2D eigenvalue weighted by molar-refractivity contribution is -0.192. The Labute approximate surface area is 201 Å². The largest absolute Gasteiger partial charge is 0.490 e. The third kappa shape index (κ3) is 7.12. The van der Waals surface area contributed by atoms with Crippen molar-refractivity contribution in [1.82, 2.24) is 14.4 Å². The van der Waals surface area contributed by atoms with E-state index in [2.05, 4.69) is 45.9 Å². The maximum Gasteiger partial charge on any atom is 0.490 e. The molecule has 1 aliphatic rings. The number of benzene rings is 1. The molecule has 1 aliphatic carbocycles. The number of hydrogen-bond donors (Lipinski definition) is 2. The molecule has 0 amide bonds. The number of nitrogens with zero attached hydrogens (tertiary/aromatic N) is 3. The molecular weight excluding hydrogens is 465 g/mol. The standard InChI is InChI=1S/C22H28N4S.C2HF3O2/c1-2-3-13-24-22-21(25-20-16-23-14-15-26(20)22)17-9-11-19(12-10-17)27-18-7-5-4-6-8-18;3-2(4,5)1(6)7/h9-12,14-16,18,24H,2-8,13H2,1H3;(H,6,7). The smallest absolute Gasteiger partial charge is 0.475 e. The minimum absolute atomic E-state index is 0.789. The monoisotopic (exact) mass is 494 g/mol. The SMILES string of the molecule is CCCCNc1c(-c2ccc(SC3CCCCC3)cc2)nc2cnccn12.O=C(O)C(F)(F)F. The second kappa shape index (κ2) is 12.1. The topological polar surface area (TPSA) is 79.5 Å². The molecule has 0 atom stereocenters. The van der Waals surface area contributed by atoms with E-state index in [1.54, 1.807) is 0 Å². The quantitative estimate of drug-likeness (QED) is 0.357. The Morgan fingerprint density at radius 1 is 1.21 bits per heavy atom. The molecule has 0 spiro atoms. The Balaban J connectivity index is 0.000000406. The van der Waals surface area contributed by atoms with E-state index < -0.39 is 12.1 Å². The van der Waals surface area contributed by atoms with E-state index in [9.17, 15) is 13.2 Å². The van der Waals surface area contributed by atoms with Crippen molar-refractivity contribution in [3.8, 4) is 11.3 Å². The van der Waals surface area contributed by atoms with Crippen LogP contribution in [0.4, 0.5) is 19.0 Å². The molecule has 184 valence electrons. The Hall–Kier alpha value is -2.75. The second-order valence-electron chi connectivity index (χ2n) is 8.10. The van der Waals surface area contributed by atoms with Gasteiger partial charge in [-0.1, -0.05) is 44.7 Å². The summed E-state index contributed by atoms with van der Waals surface area (Å²) in [6.45, 7) is 3.17. The van der Waals surface area contributed by atoms with Crippen LogP contribution in [0.1, 0.15) is 51.9 Å². The predicted octanol–water partition coefficient (Wildman–Crippen LogP) is 6.67. The lowest BCUT2D eigenvalue weighted by atomic mass is 10.0. The number of anilines is 1. The molecular formula is C24H29F3N4O2S. The van der Waals surface area contributed by atoms with Gasteiger partial charge in [0, 0.05) is 34.6 Å². The third-order valence-corrected chi connectivity index (χ3v) is 6.83. The van der Waals surface area contributed by atoms with Gasteiger partial charge in [0.05, 0.1) is 6.20 Å². The molecule has 0 saturated heterocycles. The number of carboxylic acids is 1. The van der Waals surface area contributed by atoms with Crippen molar-refractivity contribution in [2.24, 2.45) is 0 Å². The summed E-state index contributed by atoms with van der Waals surface area (Å²) in [5.74, 6) is -1.69. The molecule has 10 heteroatoms. The summed E-state index contributed by atoms with van der Waals surface area (Å²) in [7, 11) is 0. The van der Waals surface area contributed by atoms with Crippen molar-refractivity contribution in [1.29, 1.82) is 0 Å². The first-order valence-corrected chi connectivity index (χ1v) is 12.3. The van der Waals surface area contributed by atoms with Crippen LogP contribution in [0.3, 0.4) is 0 Å². The molecule has 2 N–H and O–H groups in total. The van der Waals surface area contributed by atoms with Crippen LogP contribution < -0.4 is 5.32 Å². The number of halogens is 3.